The second-order valence-electron chi connectivity index (χ2n) is 7.33. The molecule has 0 radical (unpaired) electrons. The van der Waals surface area contributed by atoms with Crippen LogP contribution in [0.4, 0.5) is 0 Å². The van der Waals surface area contributed by atoms with E-state index in [0.717, 1.165) is 35.3 Å². The van der Waals surface area contributed by atoms with Crippen molar-refractivity contribution < 1.29 is 9.53 Å². The molecule has 0 spiro atoms. The fourth-order valence-electron chi connectivity index (χ4n) is 3.24. The van der Waals surface area contributed by atoms with E-state index in [1.54, 1.807) is 6.20 Å². The minimum atomic E-state index is -0.0480. The van der Waals surface area contributed by atoms with E-state index in [2.05, 4.69) is 41.5 Å². The molecule has 0 bridgehead atoms. The van der Waals surface area contributed by atoms with Gasteiger partial charge in [0.15, 0.2) is 0 Å². The number of hydrogen-bond acceptors (Lipinski definition) is 3. The first-order chi connectivity index (χ1) is 14.5. The number of hydrogen-bond donors (Lipinski definition) is 1. The molecular weight excluding hydrogens is 372 g/mol. The predicted molar refractivity (Wildman–Crippen MR) is 122 cm³/mol. The summed E-state index contributed by atoms with van der Waals surface area (Å²) >= 11 is 0. The van der Waals surface area contributed by atoms with Crippen LogP contribution >= 0.6 is 0 Å². The van der Waals surface area contributed by atoms with Crippen LogP contribution in [-0.4, -0.2) is 16.9 Å². The molecule has 1 atom stereocenters. The number of ether oxygens (including phenoxy) is 1. The molecule has 0 aliphatic rings. The smallest absolute Gasteiger partial charge is 0.219 e. The van der Waals surface area contributed by atoms with Crippen molar-refractivity contribution in [3.63, 3.8) is 0 Å². The molecule has 3 rings (SSSR count). The SMILES string of the molecule is CCCc1ccc(Oc2ccc(/C=C/[C@H](C)NC(C)=O)cn2)c(-c2ccccc2)c1. The minimum absolute atomic E-state index is 0.0338. The van der Waals surface area contributed by atoms with Crippen LogP contribution in [0.1, 0.15) is 38.3 Å². The Balaban J connectivity index is 1.79. The molecule has 3 aromatic rings. The summed E-state index contributed by atoms with van der Waals surface area (Å²) in [4.78, 5) is 15.5. The van der Waals surface area contributed by atoms with Crippen molar-refractivity contribution in [1.82, 2.24) is 10.3 Å². The second-order valence-corrected chi connectivity index (χ2v) is 7.33. The Labute approximate surface area is 178 Å². The maximum absolute atomic E-state index is 11.1. The molecule has 4 heteroatoms. The summed E-state index contributed by atoms with van der Waals surface area (Å²) < 4.78 is 6.14. The van der Waals surface area contributed by atoms with Gasteiger partial charge in [0.2, 0.25) is 11.8 Å². The lowest BCUT2D eigenvalue weighted by Crippen LogP contribution is -2.28. The van der Waals surface area contributed by atoms with E-state index in [0.29, 0.717) is 5.88 Å². The summed E-state index contributed by atoms with van der Waals surface area (Å²) in [7, 11) is 0. The molecule has 4 nitrogen and oxygen atoms in total. The lowest BCUT2D eigenvalue weighted by atomic mass is 10.00. The van der Waals surface area contributed by atoms with E-state index in [9.17, 15) is 4.79 Å². The Bertz CT molecular complexity index is 995. The van der Waals surface area contributed by atoms with Gasteiger partial charge in [0, 0.05) is 30.8 Å². The van der Waals surface area contributed by atoms with Gasteiger partial charge >= 0.3 is 0 Å². The average molecular weight is 401 g/mol. The molecule has 0 aliphatic carbocycles. The summed E-state index contributed by atoms with van der Waals surface area (Å²) in [6.07, 6.45) is 7.77. The molecule has 1 heterocycles. The molecule has 1 N–H and O–H groups in total. The van der Waals surface area contributed by atoms with Crippen molar-refractivity contribution in [1.29, 1.82) is 0 Å². The molecule has 0 unspecified atom stereocenters. The highest BCUT2D eigenvalue weighted by Gasteiger charge is 2.09. The zero-order valence-corrected chi connectivity index (χ0v) is 17.8. The largest absolute Gasteiger partial charge is 0.438 e. The first-order valence-corrected chi connectivity index (χ1v) is 10.3. The van der Waals surface area contributed by atoms with Crippen molar-refractivity contribution in [3.8, 4) is 22.8 Å². The lowest BCUT2D eigenvalue weighted by Gasteiger charge is -2.13. The van der Waals surface area contributed by atoms with Gasteiger partial charge in [-0.15, -0.1) is 0 Å². The first-order valence-electron chi connectivity index (χ1n) is 10.3. The summed E-state index contributed by atoms with van der Waals surface area (Å²) in [5.74, 6) is 1.28. The van der Waals surface area contributed by atoms with E-state index >= 15 is 0 Å². The molecular formula is C26H28N2O2. The minimum Gasteiger partial charge on any atom is -0.438 e. The number of nitrogens with one attached hydrogen (secondary N) is 1. The molecule has 0 saturated heterocycles. The maximum atomic E-state index is 11.1. The summed E-state index contributed by atoms with van der Waals surface area (Å²) in [6.45, 7) is 5.62. The van der Waals surface area contributed by atoms with Crippen LogP contribution in [0.5, 0.6) is 11.6 Å². The Morgan fingerprint density at radius 3 is 2.60 bits per heavy atom. The van der Waals surface area contributed by atoms with Gasteiger partial charge in [-0.1, -0.05) is 61.9 Å². The Kier molecular flexibility index (Phi) is 7.39. The fraction of sp³-hybridized carbons (Fsp3) is 0.231. The number of aromatic nitrogens is 1. The zero-order chi connectivity index (χ0) is 21.3. The van der Waals surface area contributed by atoms with Crippen molar-refractivity contribution >= 4 is 12.0 Å². The Morgan fingerprint density at radius 2 is 1.93 bits per heavy atom. The maximum Gasteiger partial charge on any atom is 0.219 e. The van der Waals surface area contributed by atoms with Gasteiger partial charge < -0.3 is 10.1 Å². The average Bonchev–Trinajstić information content (AvgIpc) is 2.75. The van der Waals surface area contributed by atoms with Crippen molar-refractivity contribution in [2.75, 3.05) is 0 Å². The monoisotopic (exact) mass is 400 g/mol. The number of benzene rings is 2. The molecule has 154 valence electrons. The third kappa shape index (κ3) is 6.05. The molecule has 1 amide bonds. The van der Waals surface area contributed by atoms with Gasteiger partial charge in [-0.05, 0) is 48.2 Å². The topological polar surface area (TPSA) is 51.2 Å². The molecule has 2 aromatic carbocycles. The molecule has 30 heavy (non-hydrogen) atoms. The van der Waals surface area contributed by atoms with Crippen LogP contribution in [0, 0.1) is 0 Å². The van der Waals surface area contributed by atoms with E-state index in [1.165, 1.54) is 12.5 Å². The van der Waals surface area contributed by atoms with E-state index in [4.69, 9.17) is 4.74 Å². The van der Waals surface area contributed by atoms with Gasteiger partial charge in [0.25, 0.3) is 0 Å². The highest BCUT2D eigenvalue weighted by atomic mass is 16.5. The summed E-state index contributed by atoms with van der Waals surface area (Å²) in [5.41, 5.74) is 4.43. The van der Waals surface area contributed by atoms with Crippen LogP contribution in [0.2, 0.25) is 0 Å². The van der Waals surface area contributed by atoms with Crippen molar-refractivity contribution in [3.05, 3.63) is 84.1 Å². The number of pyridine rings is 1. The molecule has 0 aliphatic heterocycles. The lowest BCUT2D eigenvalue weighted by molar-refractivity contribution is -0.119. The van der Waals surface area contributed by atoms with Gasteiger partial charge in [-0.2, -0.15) is 0 Å². The zero-order valence-electron chi connectivity index (χ0n) is 17.8. The number of carbonyl (C=O) groups excluding carboxylic acids is 1. The highest BCUT2D eigenvalue weighted by molar-refractivity contribution is 5.73. The second kappa shape index (κ2) is 10.4. The van der Waals surface area contributed by atoms with Gasteiger partial charge in [0.1, 0.15) is 5.75 Å². The van der Waals surface area contributed by atoms with Gasteiger partial charge in [-0.25, -0.2) is 4.98 Å². The van der Waals surface area contributed by atoms with E-state index < -0.39 is 0 Å². The van der Waals surface area contributed by atoms with Crippen LogP contribution in [0.3, 0.4) is 0 Å². The summed E-state index contributed by atoms with van der Waals surface area (Å²) in [5, 5.41) is 2.82. The molecule has 0 fully saturated rings. The number of aryl methyl sites for hydroxylation is 1. The number of carbonyl (C=O) groups is 1. The van der Waals surface area contributed by atoms with Gasteiger partial charge in [-0.3, -0.25) is 4.79 Å². The quantitative estimate of drug-likeness (QED) is 0.502. The van der Waals surface area contributed by atoms with E-state index in [1.807, 2.05) is 55.5 Å². The fourth-order valence-corrected chi connectivity index (χ4v) is 3.24. The van der Waals surface area contributed by atoms with Crippen LogP contribution in [0.25, 0.3) is 17.2 Å². The first kappa shape index (κ1) is 21.3. The van der Waals surface area contributed by atoms with Crippen molar-refractivity contribution in [2.45, 2.75) is 39.7 Å². The third-order valence-electron chi connectivity index (χ3n) is 4.65. The Morgan fingerprint density at radius 1 is 1.13 bits per heavy atom. The molecule has 0 saturated carbocycles. The third-order valence-corrected chi connectivity index (χ3v) is 4.65. The summed E-state index contributed by atoms with van der Waals surface area (Å²) in [6, 6.07) is 20.4. The normalized spacial score (nSPS) is 12.0. The molecule has 1 aromatic heterocycles. The Hall–Kier alpha value is -3.40. The van der Waals surface area contributed by atoms with E-state index in [-0.39, 0.29) is 11.9 Å². The van der Waals surface area contributed by atoms with Crippen LogP contribution in [0.15, 0.2) is 72.9 Å². The van der Waals surface area contributed by atoms with Gasteiger partial charge in [0.05, 0.1) is 0 Å². The number of amides is 1. The van der Waals surface area contributed by atoms with Crippen LogP contribution in [-0.2, 0) is 11.2 Å². The highest BCUT2D eigenvalue weighted by Crippen LogP contribution is 2.34. The number of rotatable bonds is 8. The van der Waals surface area contributed by atoms with Crippen LogP contribution < -0.4 is 10.1 Å². The standard InChI is InChI=1S/C26H28N2O2/c1-4-8-21-13-15-25(24(17-21)23-9-6-5-7-10-23)30-26-16-14-22(18-27-26)12-11-19(2)28-20(3)29/h5-7,9-19H,4,8H2,1-3H3,(H,28,29)/b12-11+/t19-/m0/s1. The van der Waals surface area contributed by atoms with Crippen molar-refractivity contribution in [2.24, 2.45) is 0 Å². The number of nitrogens with zero attached hydrogens (tertiary/aromatic N) is 1. The predicted octanol–water partition coefficient (Wildman–Crippen LogP) is 6.03.